The third-order valence-corrected chi connectivity index (χ3v) is 3.20. The molecule has 0 saturated heterocycles. The number of aliphatic hydroxyl groups is 1. The van der Waals surface area contributed by atoms with E-state index in [-0.39, 0.29) is 25.1 Å². The van der Waals surface area contributed by atoms with Crippen LogP contribution in [0.4, 0.5) is 13.2 Å². The highest BCUT2D eigenvalue weighted by Crippen LogP contribution is 2.38. The third kappa shape index (κ3) is 3.07. The van der Waals surface area contributed by atoms with Crippen LogP contribution in [0.3, 0.4) is 0 Å². The zero-order valence-electron chi connectivity index (χ0n) is 11.0. The Morgan fingerprint density at radius 3 is 2.76 bits per heavy atom. The van der Waals surface area contributed by atoms with Crippen LogP contribution in [0, 0.1) is 0 Å². The first kappa shape index (κ1) is 14.1. The second kappa shape index (κ2) is 5.14. The van der Waals surface area contributed by atoms with Gasteiger partial charge < -0.3 is 9.63 Å². The SMILES string of the molecule is OCCc1cn(Cc2noc(C3CC3)n2)nc1C(F)(F)F. The van der Waals surface area contributed by atoms with Crippen molar-refractivity contribution in [2.75, 3.05) is 6.61 Å². The average Bonchev–Trinajstić information content (AvgIpc) is 3.01. The molecule has 1 aliphatic carbocycles. The summed E-state index contributed by atoms with van der Waals surface area (Å²) in [4.78, 5) is 4.15. The van der Waals surface area contributed by atoms with E-state index in [1.165, 1.54) is 6.20 Å². The first-order chi connectivity index (χ1) is 9.97. The van der Waals surface area contributed by atoms with Gasteiger partial charge in [-0.1, -0.05) is 5.16 Å². The Morgan fingerprint density at radius 1 is 1.38 bits per heavy atom. The Morgan fingerprint density at radius 2 is 2.14 bits per heavy atom. The predicted molar refractivity (Wildman–Crippen MR) is 63.4 cm³/mol. The molecule has 0 spiro atoms. The van der Waals surface area contributed by atoms with Crippen LogP contribution in [-0.2, 0) is 19.1 Å². The van der Waals surface area contributed by atoms with Gasteiger partial charge in [-0.15, -0.1) is 0 Å². The lowest BCUT2D eigenvalue weighted by Gasteiger charge is -2.04. The zero-order chi connectivity index (χ0) is 15.0. The highest BCUT2D eigenvalue weighted by Gasteiger charge is 2.37. The van der Waals surface area contributed by atoms with Crippen molar-refractivity contribution >= 4 is 0 Å². The smallest absolute Gasteiger partial charge is 0.396 e. The number of aromatic nitrogens is 4. The molecule has 2 aromatic rings. The molecule has 1 aliphatic rings. The summed E-state index contributed by atoms with van der Waals surface area (Å²) in [6.45, 7) is -0.368. The molecule has 0 radical (unpaired) electrons. The number of aliphatic hydroxyl groups excluding tert-OH is 1. The van der Waals surface area contributed by atoms with Crippen molar-refractivity contribution in [2.45, 2.75) is 37.9 Å². The number of alkyl halides is 3. The maximum Gasteiger partial charge on any atom is 0.435 e. The van der Waals surface area contributed by atoms with Crippen LogP contribution in [0.1, 0.15) is 41.7 Å². The Hall–Kier alpha value is -1.90. The van der Waals surface area contributed by atoms with Gasteiger partial charge in [0.2, 0.25) is 5.89 Å². The first-order valence-electron chi connectivity index (χ1n) is 6.54. The van der Waals surface area contributed by atoms with Crippen molar-refractivity contribution < 1.29 is 22.8 Å². The maximum atomic E-state index is 12.8. The Labute approximate surface area is 117 Å². The standard InChI is InChI=1S/C12H13F3N4O2/c13-12(14,15)10-8(3-4-20)5-19(17-10)6-9-16-11(21-18-9)7-1-2-7/h5,7,20H,1-4,6H2. The molecule has 1 fully saturated rings. The molecule has 9 heteroatoms. The largest absolute Gasteiger partial charge is 0.435 e. The van der Waals surface area contributed by atoms with E-state index in [1.807, 2.05) is 0 Å². The van der Waals surface area contributed by atoms with Crippen molar-refractivity contribution in [3.05, 3.63) is 29.2 Å². The lowest BCUT2D eigenvalue weighted by Crippen LogP contribution is -2.11. The number of halogens is 3. The van der Waals surface area contributed by atoms with Crippen LogP contribution >= 0.6 is 0 Å². The molecule has 2 aromatic heterocycles. The number of rotatable bonds is 5. The molecule has 0 bridgehead atoms. The second-order valence-electron chi connectivity index (χ2n) is 5.00. The van der Waals surface area contributed by atoms with Crippen molar-refractivity contribution in [1.82, 2.24) is 19.9 Å². The average molecular weight is 302 g/mol. The molecule has 1 saturated carbocycles. The fraction of sp³-hybridized carbons (Fsp3) is 0.583. The van der Waals surface area contributed by atoms with Gasteiger partial charge in [0.1, 0.15) is 6.54 Å². The molecule has 6 nitrogen and oxygen atoms in total. The summed E-state index contributed by atoms with van der Waals surface area (Å²) in [6.07, 6.45) is -1.39. The van der Waals surface area contributed by atoms with Gasteiger partial charge in [-0.2, -0.15) is 23.3 Å². The molecule has 0 amide bonds. The van der Waals surface area contributed by atoms with E-state index in [1.54, 1.807) is 0 Å². The van der Waals surface area contributed by atoms with Crippen LogP contribution in [0.25, 0.3) is 0 Å². The fourth-order valence-corrected chi connectivity index (χ4v) is 2.06. The number of nitrogens with zero attached hydrogens (tertiary/aromatic N) is 4. The minimum absolute atomic E-state index is 0.00469. The molecule has 2 heterocycles. The second-order valence-corrected chi connectivity index (χ2v) is 5.00. The molecule has 3 rings (SSSR count). The van der Waals surface area contributed by atoms with Gasteiger partial charge in [0.15, 0.2) is 11.5 Å². The van der Waals surface area contributed by atoms with Crippen molar-refractivity contribution in [1.29, 1.82) is 0 Å². The highest BCUT2D eigenvalue weighted by atomic mass is 19.4. The highest BCUT2D eigenvalue weighted by molar-refractivity contribution is 5.20. The summed E-state index contributed by atoms with van der Waals surface area (Å²) in [5.41, 5.74) is -1.03. The predicted octanol–water partition coefficient (Wildman–Crippen LogP) is 1.75. The minimum Gasteiger partial charge on any atom is -0.396 e. The summed E-state index contributed by atoms with van der Waals surface area (Å²) in [5.74, 6) is 1.12. The normalized spacial score (nSPS) is 15.6. The number of hydrogen-bond donors (Lipinski definition) is 1. The molecule has 0 aromatic carbocycles. The Kier molecular flexibility index (Phi) is 3.44. The van der Waals surface area contributed by atoms with Crippen LogP contribution in [0.2, 0.25) is 0 Å². The minimum atomic E-state index is -4.55. The number of hydrogen-bond acceptors (Lipinski definition) is 5. The van der Waals surface area contributed by atoms with Gasteiger partial charge in [0.05, 0.1) is 0 Å². The molecule has 1 N–H and O–H groups in total. The summed E-state index contributed by atoms with van der Waals surface area (Å²) in [7, 11) is 0. The third-order valence-electron chi connectivity index (χ3n) is 3.20. The van der Waals surface area contributed by atoms with Gasteiger partial charge in [0, 0.05) is 24.3 Å². The molecular weight excluding hydrogens is 289 g/mol. The molecule has 114 valence electrons. The van der Waals surface area contributed by atoms with Crippen LogP contribution < -0.4 is 0 Å². The van der Waals surface area contributed by atoms with Gasteiger partial charge in [-0.25, -0.2) is 0 Å². The zero-order valence-corrected chi connectivity index (χ0v) is 11.0. The van der Waals surface area contributed by atoms with Crippen molar-refractivity contribution in [2.24, 2.45) is 0 Å². The molecule has 0 atom stereocenters. The Balaban J connectivity index is 1.80. The van der Waals surface area contributed by atoms with E-state index < -0.39 is 11.9 Å². The van der Waals surface area contributed by atoms with Crippen LogP contribution in [0.15, 0.2) is 10.7 Å². The van der Waals surface area contributed by atoms with Gasteiger partial charge >= 0.3 is 6.18 Å². The fourth-order valence-electron chi connectivity index (χ4n) is 2.06. The summed E-state index contributed by atoms with van der Waals surface area (Å²) < 4.78 is 44.7. The molecular formula is C12H13F3N4O2. The molecule has 0 aliphatic heterocycles. The van der Waals surface area contributed by atoms with E-state index in [9.17, 15) is 13.2 Å². The van der Waals surface area contributed by atoms with Crippen molar-refractivity contribution in [3.8, 4) is 0 Å². The summed E-state index contributed by atoms with van der Waals surface area (Å²) in [5, 5.41) is 16.1. The molecule has 0 unspecified atom stereocenters. The van der Waals surface area contributed by atoms with E-state index in [0.717, 1.165) is 17.5 Å². The van der Waals surface area contributed by atoms with Crippen molar-refractivity contribution in [3.63, 3.8) is 0 Å². The molecule has 21 heavy (non-hydrogen) atoms. The van der Waals surface area contributed by atoms with E-state index in [2.05, 4.69) is 15.2 Å². The lowest BCUT2D eigenvalue weighted by molar-refractivity contribution is -0.142. The van der Waals surface area contributed by atoms with Gasteiger partial charge in [0.25, 0.3) is 0 Å². The van der Waals surface area contributed by atoms with E-state index in [0.29, 0.717) is 17.6 Å². The lowest BCUT2D eigenvalue weighted by atomic mass is 10.2. The summed E-state index contributed by atoms with van der Waals surface area (Å²) in [6, 6.07) is 0. The Bertz CT molecular complexity index is 631. The summed E-state index contributed by atoms with van der Waals surface area (Å²) >= 11 is 0. The topological polar surface area (TPSA) is 77.0 Å². The van der Waals surface area contributed by atoms with E-state index in [4.69, 9.17) is 9.63 Å². The maximum absolute atomic E-state index is 12.8. The quantitative estimate of drug-likeness (QED) is 0.910. The van der Waals surface area contributed by atoms with E-state index >= 15 is 0 Å². The van der Waals surface area contributed by atoms with Gasteiger partial charge in [-0.05, 0) is 19.3 Å². The first-order valence-corrected chi connectivity index (χ1v) is 6.54. The monoisotopic (exact) mass is 302 g/mol. The van der Waals surface area contributed by atoms with Crippen LogP contribution in [0.5, 0.6) is 0 Å². The van der Waals surface area contributed by atoms with Crippen LogP contribution in [-0.4, -0.2) is 31.6 Å². The van der Waals surface area contributed by atoms with Gasteiger partial charge in [-0.3, -0.25) is 4.68 Å².